The number of allylic oxidation sites excluding steroid dienone is 3. The SMILES string of the molecule is C=CCN1CC[C@@]23C4C(=C(O)C=CC4C[C@@H]1[C@@]2(C)O)O[C@H]3C(=O)CC. The lowest BCUT2D eigenvalue weighted by molar-refractivity contribution is -0.220. The molecule has 136 valence electrons. The van der Waals surface area contributed by atoms with Gasteiger partial charge in [0.15, 0.2) is 17.6 Å². The average Bonchev–Trinajstić information content (AvgIpc) is 2.92. The number of ketones is 1. The molecule has 1 saturated carbocycles. The number of ether oxygens (including phenoxy) is 1. The summed E-state index contributed by atoms with van der Waals surface area (Å²) in [5, 5.41) is 22.1. The second-order valence-corrected chi connectivity index (χ2v) is 8.04. The van der Waals surface area contributed by atoms with Crippen molar-refractivity contribution in [2.75, 3.05) is 13.1 Å². The highest BCUT2D eigenvalue weighted by Crippen LogP contribution is 2.66. The van der Waals surface area contributed by atoms with E-state index in [0.29, 0.717) is 18.6 Å². The molecule has 2 N–H and O–H groups in total. The third-order valence-electron chi connectivity index (χ3n) is 7.08. The third-order valence-corrected chi connectivity index (χ3v) is 7.08. The van der Waals surface area contributed by atoms with E-state index in [0.717, 1.165) is 19.5 Å². The Balaban J connectivity index is 1.88. The Morgan fingerprint density at radius 3 is 3.00 bits per heavy atom. The number of piperidine rings is 1. The molecule has 2 heterocycles. The van der Waals surface area contributed by atoms with Gasteiger partial charge in [-0.1, -0.05) is 19.1 Å². The minimum atomic E-state index is -1.07. The van der Waals surface area contributed by atoms with Crippen LogP contribution in [-0.4, -0.2) is 51.7 Å². The first-order valence-electron chi connectivity index (χ1n) is 9.26. The molecule has 25 heavy (non-hydrogen) atoms. The van der Waals surface area contributed by atoms with Gasteiger partial charge in [-0.25, -0.2) is 0 Å². The van der Waals surface area contributed by atoms with Crippen molar-refractivity contribution in [1.82, 2.24) is 4.90 Å². The van der Waals surface area contributed by atoms with Crippen LogP contribution in [0.3, 0.4) is 0 Å². The smallest absolute Gasteiger partial charge is 0.173 e. The van der Waals surface area contributed by atoms with E-state index in [-0.39, 0.29) is 29.4 Å². The molecule has 2 unspecified atom stereocenters. The molecule has 2 aliphatic heterocycles. The second-order valence-electron chi connectivity index (χ2n) is 8.04. The zero-order valence-electron chi connectivity index (χ0n) is 14.9. The van der Waals surface area contributed by atoms with Crippen LogP contribution in [-0.2, 0) is 9.53 Å². The first kappa shape index (κ1) is 16.9. The van der Waals surface area contributed by atoms with E-state index in [4.69, 9.17) is 4.74 Å². The Bertz CT molecular complexity index is 679. The Morgan fingerprint density at radius 2 is 2.32 bits per heavy atom. The summed E-state index contributed by atoms with van der Waals surface area (Å²) in [7, 11) is 0. The molecule has 4 aliphatic rings. The van der Waals surface area contributed by atoms with Crippen LogP contribution in [0.1, 0.15) is 33.1 Å². The van der Waals surface area contributed by atoms with Crippen LogP contribution in [0.15, 0.2) is 36.3 Å². The van der Waals surface area contributed by atoms with Crippen LogP contribution < -0.4 is 0 Å². The quantitative estimate of drug-likeness (QED) is 0.766. The fourth-order valence-corrected chi connectivity index (χ4v) is 5.95. The zero-order chi connectivity index (χ0) is 18.0. The standard InChI is InChI=1S/C20H27NO4/c1-4-9-21-10-8-20-16-12(11-15(21)19(20,3)24)6-7-14(23)17(16)25-18(20)13(22)5-2/h4,6-7,12,15-16,18,23-24H,1,5,8-11H2,2-3H3/t12?,15-,16?,18+,19-,20+/m1/s1. The summed E-state index contributed by atoms with van der Waals surface area (Å²) in [6.07, 6.45) is 6.72. The van der Waals surface area contributed by atoms with Crippen molar-refractivity contribution in [1.29, 1.82) is 0 Å². The summed E-state index contributed by atoms with van der Waals surface area (Å²) < 4.78 is 6.08. The highest BCUT2D eigenvalue weighted by Gasteiger charge is 2.73. The van der Waals surface area contributed by atoms with Gasteiger partial charge in [-0.2, -0.15) is 0 Å². The van der Waals surface area contributed by atoms with Crippen molar-refractivity contribution in [2.24, 2.45) is 17.3 Å². The highest BCUT2D eigenvalue weighted by molar-refractivity contribution is 5.85. The zero-order valence-corrected chi connectivity index (χ0v) is 14.9. The van der Waals surface area contributed by atoms with E-state index in [9.17, 15) is 15.0 Å². The number of nitrogens with zero attached hydrogens (tertiary/aromatic N) is 1. The lowest BCUT2D eigenvalue weighted by Crippen LogP contribution is -2.73. The molecule has 3 fully saturated rings. The summed E-state index contributed by atoms with van der Waals surface area (Å²) in [4.78, 5) is 15.0. The number of Topliss-reactive ketones (excluding diaryl/α,β-unsaturated/α-hetero) is 1. The van der Waals surface area contributed by atoms with Crippen molar-refractivity contribution in [2.45, 2.75) is 50.9 Å². The van der Waals surface area contributed by atoms with Crippen LogP contribution >= 0.6 is 0 Å². The number of carbonyl (C=O) groups excluding carboxylic acids is 1. The molecule has 0 aromatic carbocycles. The molecule has 0 aromatic rings. The summed E-state index contributed by atoms with van der Waals surface area (Å²) in [6.45, 7) is 9.05. The molecule has 2 saturated heterocycles. The van der Waals surface area contributed by atoms with Gasteiger partial charge < -0.3 is 14.9 Å². The van der Waals surface area contributed by atoms with Crippen LogP contribution in [0.5, 0.6) is 0 Å². The van der Waals surface area contributed by atoms with E-state index in [2.05, 4.69) is 11.5 Å². The molecule has 0 amide bonds. The van der Waals surface area contributed by atoms with Crippen LogP contribution in [0.2, 0.25) is 0 Å². The van der Waals surface area contributed by atoms with Gasteiger partial charge in [0.05, 0.1) is 11.0 Å². The number of rotatable bonds is 4. The van der Waals surface area contributed by atoms with Gasteiger partial charge in [0.25, 0.3) is 0 Å². The molecular weight excluding hydrogens is 318 g/mol. The first-order valence-corrected chi connectivity index (χ1v) is 9.26. The largest absolute Gasteiger partial charge is 0.504 e. The Hall–Kier alpha value is -1.59. The van der Waals surface area contributed by atoms with Crippen LogP contribution in [0.25, 0.3) is 0 Å². The normalized spacial score (nSPS) is 45.1. The number of hydrogen-bond acceptors (Lipinski definition) is 5. The molecule has 6 atom stereocenters. The van der Waals surface area contributed by atoms with Gasteiger partial charge >= 0.3 is 0 Å². The minimum absolute atomic E-state index is 0.00606. The van der Waals surface area contributed by atoms with Crippen LogP contribution in [0, 0.1) is 17.3 Å². The first-order chi connectivity index (χ1) is 11.9. The van der Waals surface area contributed by atoms with Gasteiger partial charge in [-0.15, -0.1) is 6.58 Å². The fraction of sp³-hybridized carbons (Fsp3) is 0.650. The number of hydrogen-bond donors (Lipinski definition) is 2. The number of likely N-dealkylation sites (tertiary alicyclic amines) is 1. The minimum Gasteiger partial charge on any atom is -0.504 e. The van der Waals surface area contributed by atoms with E-state index >= 15 is 0 Å². The van der Waals surface area contributed by atoms with Crippen molar-refractivity contribution in [3.05, 3.63) is 36.3 Å². The molecule has 1 spiro atoms. The Kier molecular flexibility index (Phi) is 3.68. The summed E-state index contributed by atoms with van der Waals surface area (Å²) >= 11 is 0. The van der Waals surface area contributed by atoms with Gasteiger partial charge in [0.2, 0.25) is 0 Å². The lowest BCUT2D eigenvalue weighted by Gasteiger charge is -2.63. The number of aliphatic hydroxyl groups is 2. The van der Waals surface area contributed by atoms with Gasteiger partial charge in [0.1, 0.15) is 5.76 Å². The molecule has 5 heteroatoms. The van der Waals surface area contributed by atoms with Crippen molar-refractivity contribution < 1.29 is 19.7 Å². The van der Waals surface area contributed by atoms with E-state index in [1.54, 1.807) is 6.08 Å². The van der Waals surface area contributed by atoms with Crippen LogP contribution in [0.4, 0.5) is 0 Å². The molecule has 5 nitrogen and oxygen atoms in total. The number of fused-ring (bicyclic) bond motifs is 1. The van der Waals surface area contributed by atoms with Gasteiger partial charge in [-0.3, -0.25) is 9.69 Å². The summed E-state index contributed by atoms with van der Waals surface area (Å²) in [6, 6.07) is -0.0551. The Morgan fingerprint density at radius 1 is 1.56 bits per heavy atom. The van der Waals surface area contributed by atoms with Crippen molar-refractivity contribution >= 4 is 5.78 Å². The maximum atomic E-state index is 12.8. The van der Waals surface area contributed by atoms with E-state index in [1.807, 2.05) is 26.0 Å². The summed E-state index contributed by atoms with van der Waals surface area (Å²) in [5.74, 6) is 0.657. The molecular formula is C20H27NO4. The molecule has 4 rings (SSSR count). The average molecular weight is 345 g/mol. The molecule has 0 aromatic heterocycles. The molecule has 2 aliphatic carbocycles. The third kappa shape index (κ3) is 1.94. The maximum Gasteiger partial charge on any atom is 0.173 e. The lowest BCUT2D eigenvalue weighted by atomic mass is 9.47. The van der Waals surface area contributed by atoms with Gasteiger partial charge in [0, 0.05) is 24.9 Å². The van der Waals surface area contributed by atoms with E-state index in [1.165, 1.54) is 0 Å². The number of carbonyl (C=O) groups is 1. The predicted molar refractivity (Wildman–Crippen MR) is 93.8 cm³/mol. The van der Waals surface area contributed by atoms with Crippen molar-refractivity contribution in [3.63, 3.8) is 0 Å². The predicted octanol–water partition coefficient (Wildman–Crippen LogP) is 2.34. The molecule has 0 radical (unpaired) electrons. The maximum absolute atomic E-state index is 12.8. The van der Waals surface area contributed by atoms with Crippen molar-refractivity contribution in [3.8, 4) is 0 Å². The monoisotopic (exact) mass is 345 g/mol. The summed E-state index contributed by atoms with van der Waals surface area (Å²) in [5.41, 5.74) is -1.75. The van der Waals surface area contributed by atoms with E-state index < -0.39 is 17.1 Å². The molecule has 2 bridgehead atoms. The second kappa shape index (κ2) is 5.45. The highest BCUT2D eigenvalue weighted by atomic mass is 16.5. The fourth-order valence-electron chi connectivity index (χ4n) is 5.95. The van der Waals surface area contributed by atoms with Gasteiger partial charge in [-0.05, 0) is 38.3 Å². The Labute approximate surface area is 148 Å². The number of aliphatic hydroxyl groups excluding tert-OH is 1. The topological polar surface area (TPSA) is 70.0 Å².